The fourth-order valence-corrected chi connectivity index (χ4v) is 4.74. The quantitative estimate of drug-likeness (QED) is 0.127. The van der Waals surface area contributed by atoms with Crippen molar-refractivity contribution >= 4 is 45.5 Å². The van der Waals surface area contributed by atoms with Crippen molar-refractivity contribution in [1.82, 2.24) is 0 Å². The van der Waals surface area contributed by atoms with E-state index in [0.29, 0.717) is 17.5 Å². The van der Waals surface area contributed by atoms with Gasteiger partial charge in [0.05, 0.1) is 5.75 Å². The molecule has 0 saturated heterocycles. The normalized spacial score (nSPS) is 12.2. The van der Waals surface area contributed by atoms with Gasteiger partial charge in [0.1, 0.15) is 0 Å². The van der Waals surface area contributed by atoms with Crippen LogP contribution in [0.15, 0.2) is 60.7 Å². The molecule has 0 aliphatic rings. The molecule has 1 atom stereocenters. The summed E-state index contributed by atoms with van der Waals surface area (Å²) in [5.41, 5.74) is 0.980. The minimum atomic E-state index is -3.81. The molecule has 0 saturated carbocycles. The molecule has 0 N–H and O–H groups in total. The fraction of sp³-hybridized carbons (Fsp3) is 0.500. The number of carbonyl (C=O) groups excluding carboxylic acids is 1. The second-order valence-corrected chi connectivity index (χ2v) is 9.78. The van der Waals surface area contributed by atoms with E-state index in [0.717, 1.165) is 19.3 Å². The molecule has 172 valence electrons. The third kappa shape index (κ3) is 11.2. The SMILES string of the molecule is CCCCCCCCCCCCS(=O)(=O)OC(C(=O)c1ccccc1)c1ccccc1.[NaH]. The van der Waals surface area contributed by atoms with Crippen LogP contribution < -0.4 is 0 Å². The Morgan fingerprint density at radius 2 is 1.22 bits per heavy atom. The van der Waals surface area contributed by atoms with Crippen LogP contribution in [-0.4, -0.2) is 49.5 Å². The maximum absolute atomic E-state index is 13.0. The molecule has 0 radical (unpaired) electrons. The van der Waals surface area contributed by atoms with E-state index in [1.54, 1.807) is 48.5 Å². The van der Waals surface area contributed by atoms with Gasteiger partial charge in [-0.1, -0.05) is 125 Å². The summed E-state index contributed by atoms with van der Waals surface area (Å²) in [7, 11) is -3.81. The zero-order valence-corrected chi connectivity index (χ0v) is 19.5. The predicted octanol–water partition coefficient (Wildman–Crippen LogP) is 6.23. The van der Waals surface area contributed by atoms with Crippen LogP contribution in [0.5, 0.6) is 0 Å². The molecule has 2 aromatic rings. The maximum atomic E-state index is 13.0. The van der Waals surface area contributed by atoms with Gasteiger partial charge in [-0.05, 0) is 12.0 Å². The van der Waals surface area contributed by atoms with Crippen molar-refractivity contribution in [2.24, 2.45) is 0 Å². The molecular formula is C26H37NaO4S. The second kappa shape index (κ2) is 16.6. The Kier molecular flexibility index (Phi) is 15.1. The van der Waals surface area contributed by atoms with Crippen LogP contribution in [-0.2, 0) is 14.3 Å². The van der Waals surface area contributed by atoms with Crippen molar-refractivity contribution in [3.63, 3.8) is 0 Å². The molecule has 2 aromatic carbocycles. The van der Waals surface area contributed by atoms with Gasteiger partial charge in [0.25, 0.3) is 10.1 Å². The third-order valence-electron chi connectivity index (χ3n) is 5.39. The van der Waals surface area contributed by atoms with Crippen molar-refractivity contribution in [3.8, 4) is 0 Å². The molecule has 0 bridgehead atoms. The number of benzene rings is 2. The van der Waals surface area contributed by atoms with Gasteiger partial charge in [-0.2, -0.15) is 8.42 Å². The first-order chi connectivity index (χ1) is 15.0. The number of Topliss-reactive ketones (excluding diaryl/α,β-unsaturated/α-hetero) is 1. The van der Waals surface area contributed by atoms with E-state index in [4.69, 9.17) is 4.18 Å². The van der Waals surface area contributed by atoms with Gasteiger partial charge >= 0.3 is 29.6 Å². The molecule has 0 aliphatic heterocycles. The zero-order valence-electron chi connectivity index (χ0n) is 18.7. The van der Waals surface area contributed by atoms with Gasteiger partial charge < -0.3 is 0 Å². The van der Waals surface area contributed by atoms with Gasteiger partial charge in [0, 0.05) is 5.56 Å². The van der Waals surface area contributed by atoms with Crippen LogP contribution in [0.1, 0.15) is 93.2 Å². The Morgan fingerprint density at radius 1 is 0.750 bits per heavy atom. The van der Waals surface area contributed by atoms with Crippen molar-refractivity contribution in [2.45, 2.75) is 77.2 Å². The topological polar surface area (TPSA) is 60.4 Å². The van der Waals surface area contributed by atoms with Crippen molar-refractivity contribution in [3.05, 3.63) is 71.8 Å². The summed E-state index contributed by atoms with van der Waals surface area (Å²) < 4.78 is 30.7. The standard InChI is InChI=1S/C26H36O4S.Na.H/c1-2-3-4-5-6-7-8-9-10-17-22-31(28,29)30-26(24-20-15-12-16-21-24)25(27)23-18-13-11-14-19-23;;/h11-16,18-21,26H,2-10,17,22H2,1H3;;. The van der Waals surface area contributed by atoms with Gasteiger partial charge in [0.15, 0.2) is 11.9 Å². The van der Waals surface area contributed by atoms with Crippen LogP contribution in [0.3, 0.4) is 0 Å². The molecule has 0 spiro atoms. The predicted molar refractivity (Wildman–Crippen MR) is 134 cm³/mol. The molecule has 0 aromatic heterocycles. The van der Waals surface area contributed by atoms with Crippen LogP contribution in [0.25, 0.3) is 0 Å². The van der Waals surface area contributed by atoms with Crippen molar-refractivity contribution < 1.29 is 17.4 Å². The monoisotopic (exact) mass is 468 g/mol. The van der Waals surface area contributed by atoms with E-state index in [1.165, 1.54) is 38.5 Å². The van der Waals surface area contributed by atoms with E-state index in [-0.39, 0.29) is 41.1 Å². The van der Waals surface area contributed by atoms with Gasteiger partial charge in [0.2, 0.25) is 0 Å². The summed E-state index contributed by atoms with van der Waals surface area (Å²) in [5.74, 6) is -0.409. The number of carbonyl (C=O) groups is 1. The van der Waals surface area contributed by atoms with Crippen LogP contribution >= 0.6 is 0 Å². The van der Waals surface area contributed by atoms with E-state index in [9.17, 15) is 13.2 Å². The Morgan fingerprint density at radius 3 is 1.75 bits per heavy atom. The molecule has 2 rings (SSSR count). The number of hydrogen-bond donors (Lipinski definition) is 0. The van der Waals surface area contributed by atoms with E-state index in [2.05, 4.69) is 6.92 Å². The average Bonchev–Trinajstić information content (AvgIpc) is 2.79. The molecular weight excluding hydrogens is 431 g/mol. The van der Waals surface area contributed by atoms with Crippen molar-refractivity contribution in [1.29, 1.82) is 0 Å². The molecule has 0 amide bonds. The van der Waals surface area contributed by atoms with Crippen LogP contribution in [0.4, 0.5) is 0 Å². The molecule has 4 nitrogen and oxygen atoms in total. The number of hydrogen-bond acceptors (Lipinski definition) is 4. The Hall–Kier alpha value is -0.980. The summed E-state index contributed by atoms with van der Waals surface area (Å²) in [6.45, 7) is 2.22. The van der Waals surface area contributed by atoms with Crippen LogP contribution in [0, 0.1) is 0 Å². The molecule has 0 aliphatic carbocycles. The van der Waals surface area contributed by atoms with Gasteiger partial charge in [-0.25, -0.2) is 0 Å². The molecule has 6 heteroatoms. The van der Waals surface area contributed by atoms with E-state index < -0.39 is 16.2 Å². The summed E-state index contributed by atoms with van der Waals surface area (Å²) in [6, 6.07) is 17.5. The van der Waals surface area contributed by atoms with Gasteiger partial charge in [-0.15, -0.1) is 0 Å². The fourth-order valence-electron chi connectivity index (χ4n) is 3.59. The average molecular weight is 469 g/mol. The minimum absolute atomic E-state index is 0. The van der Waals surface area contributed by atoms with E-state index >= 15 is 0 Å². The summed E-state index contributed by atoms with van der Waals surface area (Å²) in [6.07, 6.45) is 10.1. The van der Waals surface area contributed by atoms with E-state index in [1.807, 2.05) is 12.1 Å². The Bertz CT molecular complexity index is 854. The molecule has 32 heavy (non-hydrogen) atoms. The number of unbranched alkanes of at least 4 members (excludes halogenated alkanes) is 9. The summed E-state index contributed by atoms with van der Waals surface area (Å²) in [4.78, 5) is 13.0. The first-order valence-corrected chi connectivity index (χ1v) is 13.2. The van der Waals surface area contributed by atoms with Crippen molar-refractivity contribution in [2.75, 3.05) is 5.75 Å². The second-order valence-electron chi connectivity index (χ2n) is 8.06. The summed E-state index contributed by atoms with van der Waals surface area (Å²) >= 11 is 0. The Balaban J connectivity index is 0.00000512. The first-order valence-electron chi connectivity index (χ1n) is 11.6. The zero-order chi connectivity index (χ0) is 22.4. The number of ketones is 1. The number of rotatable bonds is 16. The molecule has 0 fully saturated rings. The Labute approximate surface area is 216 Å². The molecule has 1 unspecified atom stereocenters. The summed E-state index contributed by atoms with van der Waals surface area (Å²) in [5, 5.41) is 0. The first kappa shape index (κ1) is 29.1. The van der Waals surface area contributed by atoms with Gasteiger partial charge in [-0.3, -0.25) is 8.98 Å². The third-order valence-corrected chi connectivity index (χ3v) is 6.66. The molecule has 0 heterocycles. The van der Waals surface area contributed by atoms with Crippen LogP contribution in [0.2, 0.25) is 0 Å².